The van der Waals surface area contributed by atoms with Crippen LogP contribution in [0.5, 0.6) is 0 Å². The third-order valence-electron chi connectivity index (χ3n) is 3.04. The van der Waals surface area contributed by atoms with Gasteiger partial charge in [-0.1, -0.05) is 18.2 Å². The van der Waals surface area contributed by atoms with Crippen molar-refractivity contribution >= 4 is 17.8 Å². The average molecular weight is 217 g/mol. The van der Waals surface area contributed by atoms with Gasteiger partial charge in [-0.05, 0) is 31.4 Å². The lowest BCUT2D eigenvalue weighted by atomic mass is 9.98. The van der Waals surface area contributed by atoms with Gasteiger partial charge in [-0.2, -0.15) is 0 Å². The van der Waals surface area contributed by atoms with E-state index in [-0.39, 0.29) is 11.8 Å². The first-order valence-corrected chi connectivity index (χ1v) is 5.63. The van der Waals surface area contributed by atoms with E-state index in [1.165, 1.54) is 0 Å². The first-order chi connectivity index (χ1) is 7.83. The zero-order chi connectivity index (χ0) is 11.4. The summed E-state index contributed by atoms with van der Waals surface area (Å²) in [6.07, 6.45) is 3.34. The summed E-state index contributed by atoms with van der Waals surface area (Å²) in [5, 5.41) is 0. The number of para-hydroxylation sites is 1. The van der Waals surface area contributed by atoms with Crippen LogP contribution >= 0.6 is 0 Å². The minimum Gasteiger partial charge on any atom is -0.361 e. The van der Waals surface area contributed by atoms with Crippen molar-refractivity contribution in [3.05, 3.63) is 30.3 Å². The SMILES string of the molecule is O=CC(=O)C1CCCCN1c1ccccc1. The Balaban J connectivity index is 2.23. The predicted molar refractivity (Wildman–Crippen MR) is 62.5 cm³/mol. The van der Waals surface area contributed by atoms with Crippen molar-refractivity contribution in [2.75, 3.05) is 11.4 Å². The molecule has 0 bridgehead atoms. The zero-order valence-electron chi connectivity index (χ0n) is 9.13. The van der Waals surface area contributed by atoms with E-state index in [4.69, 9.17) is 0 Å². The van der Waals surface area contributed by atoms with E-state index < -0.39 is 0 Å². The summed E-state index contributed by atoms with van der Waals surface area (Å²) in [7, 11) is 0. The molecule has 3 heteroatoms. The van der Waals surface area contributed by atoms with Crippen molar-refractivity contribution in [3.63, 3.8) is 0 Å². The van der Waals surface area contributed by atoms with E-state index >= 15 is 0 Å². The van der Waals surface area contributed by atoms with Crippen molar-refractivity contribution in [1.29, 1.82) is 0 Å². The smallest absolute Gasteiger partial charge is 0.217 e. The van der Waals surface area contributed by atoms with E-state index in [1.54, 1.807) is 0 Å². The number of carbonyl (C=O) groups excluding carboxylic acids is 2. The van der Waals surface area contributed by atoms with Crippen LogP contribution in [-0.2, 0) is 9.59 Å². The topological polar surface area (TPSA) is 37.4 Å². The van der Waals surface area contributed by atoms with Crippen molar-refractivity contribution in [1.82, 2.24) is 0 Å². The zero-order valence-corrected chi connectivity index (χ0v) is 9.13. The lowest BCUT2D eigenvalue weighted by Crippen LogP contribution is -2.45. The number of Topliss-reactive ketones (excluding diaryl/α,β-unsaturated/α-hetero) is 1. The highest BCUT2D eigenvalue weighted by Gasteiger charge is 2.28. The van der Waals surface area contributed by atoms with E-state index in [0.717, 1.165) is 31.5 Å². The molecule has 1 aromatic carbocycles. The van der Waals surface area contributed by atoms with Gasteiger partial charge in [0.25, 0.3) is 0 Å². The number of rotatable bonds is 3. The minimum absolute atomic E-state index is 0.256. The Bertz CT molecular complexity index is 375. The maximum Gasteiger partial charge on any atom is 0.217 e. The molecule has 0 spiro atoms. The van der Waals surface area contributed by atoms with Gasteiger partial charge >= 0.3 is 0 Å². The summed E-state index contributed by atoms with van der Waals surface area (Å²) in [6, 6.07) is 9.56. The number of hydrogen-bond acceptors (Lipinski definition) is 3. The molecular formula is C13H15NO2. The first kappa shape index (κ1) is 10.9. The summed E-state index contributed by atoms with van der Waals surface area (Å²) in [5.41, 5.74) is 1.03. The van der Waals surface area contributed by atoms with Crippen molar-refractivity contribution in [2.24, 2.45) is 0 Å². The molecule has 1 fully saturated rings. The van der Waals surface area contributed by atoms with E-state index in [1.807, 2.05) is 35.2 Å². The standard InChI is InChI=1S/C13H15NO2/c15-10-13(16)12-8-4-5-9-14(12)11-6-2-1-3-7-11/h1-3,6-7,10,12H,4-5,8-9H2. The molecular weight excluding hydrogens is 202 g/mol. The molecule has 0 aromatic heterocycles. The Kier molecular flexibility index (Phi) is 3.34. The largest absolute Gasteiger partial charge is 0.361 e. The van der Waals surface area contributed by atoms with Crippen molar-refractivity contribution in [2.45, 2.75) is 25.3 Å². The highest BCUT2D eigenvalue weighted by molar-refractivity contribution is 6.28. The number of hydrogen-bond donors (Lipinski definition) is 0. The second kappa shape index (κ2) is 4.92. The fourth-order valence-electron chi connectivity index (χ4n) is 2.23. The molecule has 0 amide bonds. The van der Waals surface area contributed by atoms with E-state index in [9.17, 15) is 9.59 Å². The van der Waals surface area contributed by atoms with Crippen LogP contribution in [0.4, 0.5) is 5.69 Å². The second-order valence-electron chi connectivity index (χ2n) is 4.06. The summed E-state index contributed by atoms with van der Waals surface area (Å²) in [5.74, 6) is -0.302. The fraction of sp³-hybridized carbons (Fsp3) is 0.385. The number of benzene rings is 1. The summed E-state index contributed by atoms with van der Waals surface area (Å²) >= 11 is 0. The van der Waals surface area contributed by atoms with Gasteiger partial charge in [0.05, 0.1) is 6.04 Å². The van der Waals surface area contributed by atoms with Gasteiger partial charge in [-0.3, -0.25) is 9.59 Å². The quantitative estimate of drug-likeness (QED) is 0.572. The average Bonchev–Trinajstić information content (AvgIpc) is 2.39. The maximum absolute atomic E-state index is 11.5. The van der Waals surface area contributed by atoms with Crippen LogP contribution < -0.4 is 4.90 Å². The van der Waals surface area contributed by atoms with Gasteiger partial charge in [0.15, 0.2) is 6.29 Å². The minimum atomic E-state index is -0.302. The Morgan fingerprint density at radius 3 is 2.69 bits per heavy atom. The number of anilines is 1. The number of carbonyl (C=O) groups is 2. The first-order valence-electron chi connectivity index (χ1n) is 5.63. The van der Waals surface area contributed by atoms with Crippen molar-refractivity contribution in [3.8, 4) is 0 Å². The Hall–Kier alpha value is -1.64. The predicted octanol–water partition coefficient (Wildman–Crippen LogP) is 1.81. The molecule has 1 aliphatic heterocycles. The van der Waals surface area contributed by atoms with Crippen LogP contribution in [0.1, 0.15) is 19.3 Å². The normalized spacial score (nSPS) is 20.5. The van der Waals surface area contributed by atoms with Crippen LogP contribution in [0.25, 0.3) is 0 Å². The fourth-order valence-corrected chi connectivity index (χ4v) is 2.23. The van der Waals surface area contributed by atoms with Crippen LogP contribution in [-0.4, -0.2) is 24.7 Å². The summed E-state index contributed by atoms with van der Waals surface area (Å²) in [4.78, 5) is 24.2. The molecule has 2 rings (SSSR count). The molecule has 1 aromatic rings. The highest BCUT2D eigenvalue weighted by atomic mass is 16.2. The molecule has 1 aliphatic rings. The third kappa shape index (κ3) is 2.13. The molecule has 16 heavy (non-hydrogen) atoms. The second-order valence-corrected chi connectivity index (χ2v) is 4.06. The number of aldehydes is 1. The lowest BCUT2D eigenvalue weighted by molar-refractivity contribution is -0.131. The lowest BCUT2D eigenvalue weighted by Gasteiger charge is -2.35. The van der Waals surface area contributed by atoms with Crippen LogP contribution in [0.2, 0.25) is 0 Å². The molecule has 0 N–H and O–H groups in total. The molecule has 0 saturated carbocycles. The van der Waals surface area contributed by atoms with Gasteiger partial charge in [-0.15, -0.1) is 0 Å². The summed E-state index contributed by atoms with van der Waals surface area (Å²) in [6.45, 7) is 0.855. The molecule has 1 saturated heterocycles. The van der Waals surface area contributed by atoms with E-state index in [2.05, 4.69) is 0 Å². The molecule has 0 aliphatic carbocycles. The molecule has 84 valence electrons. The molecule has 1 heterocycles. The Morgan fingerprint density at radius 2 is 2.00 bits per heavy atom. The Morgan fingerprint density at radius 1 is 1.25 bits per heavy atom. The molecule has 0 radical (unpaired) electrons. The molecule has 1 unspecified atom stereocenters. The summed E-state index contributed by atoms with van der Waals surface area (Å²) < 4.78 is 0. The van der Waals surface area contributed by atoms with Gasteiger partial charge in [-0.25, -0.2) is 0 Å². The van der Waals surface area contributed by atoms with Crippen LogP contribution in [0.3, 0.4) is 0 Å². The monoisotopic (exact) mass is 217 g/mol. The number of ketones is 1. The van der Waals surface area contributed by atoms with Crippen molar-refractivity contribution < 1.29 is 9.59 Å². The Labute approximate surface area is 95.1 Å². The number of piperidine rings is 1. The molecule has 1 atom stereocenters. The van der Waals surface area contributed by atoms with Gasteiger partial charge in [0.2, 0.25) is 5.78 Å². The third-order valence-corrected chi connectivity index (χ3v) is 3.04. The number of nitrogens with zero attached hydrogens (tertiary/aromatic N) is 1. The molecule has 3 nitrogen and oxygen atoms in total. The highest BCUT2D eigenvalue weighted by Crippen LogP contribution is 2.24. The van der Waals surface area contributed by atoms with Gasteiger partial charge < -0.3 is 4.90 Å². The van der Waals surface area contributed by atoms with Crippen LogP contribution in [0, 0.1) is 0 Å². The maximum atomic E-state index is 11.5. The van der Waals surface area contributed by atoms with Gasteiger partial charge in [0.1, 0.15) is 0 Å². The van der Waals surface area contributed by atoms with E-state index in [0.29, 0.717) is 6.29 Å². The van der Waals surface area contributed by atoms with Gasteiger partial charge in [0, 0.05) is 12.2 Å². The van der Waals surface area contributed by atoms with Crippen LogP contribution in [0.15, 0.2) is 30.3 Å².